The van der Waals surface area contributed by atoms with Crippen LogP contribution in [0.25, 0.3) is 0 Å². The van der Waals surface area contributed by atoms with Crippen LogP contribution < -0.4 is 5.73 Å². The van der Waals surface area contributed by atoms with Crippen molar-refractivity contribution >= 4 is 11.6 Å². The number of rotatable bonds is 6. The van der Waals surface area contributed by atoms with Crippen molar-refractivity contribution in [1.82, 2.24) is 4.57 Å². The van der Waals surface area contributed by atoms with Gasteiger partial charge in [0.2, 0.25) is 0 Å². The van der Waals surface area contributed by atoms with E-state index in [0.29, 0.717) is 25.9 Å². The molecule has 5 aliphatic rings. The molecule has 42 heavy (non-hydrogen) atoms. The molecule has 4 aliphatic carbocycles. The minimum absolute atomic E-state index is 0.00475. The third-order valence-corrected chi connectivity index (χ3v) is 11.5. The minimum Gasteiger partial charge on any atom is -0.393 e. The highest BCUT2D eigenvalue weighted by Crippen LogP contribution is 2.70. The predicted molar refractivity (Wildman–Crippen MR) is 155 cm³/mol. The first-order valence-corrected chi connectivity index (χ1v) is 15.2. The molecular formula is C34H40N2O6. The number of aliphatic hydroxyl groups is 2. The number of benzene rings is 1. The van der Waals surface area contributed by atoms with Crippen LogP contribution in [0.1, 0.15) is 62.5 Å². The molecule has 3 saturated carbocycles. The molecule has 1 aliphatic heterocycles. The second kappa shape index (κ2) is 9.82. The van der Waals surface area contributed by atoms with Crippen molar-refractivity contribution in [2.75, 3.05) is 6.61 Å². The van der Waals surface area contributed by atoms with Gasteiger partial charge in [-0.15, -0.1) is 0 Å². The minimum atomic E-state index is -1.35. The Balaban J connectivity index is 1.17. The lowest BCUT2D eigenvalue weighted by Gasteiger charge is -2.59. The van der Waals surface area contributed by atoms with Crippen LogP contribution in [0.4, 0.5) is 0 Å². The van der Waals surface area contributed by atoms with E-state index in [4.69, 9.17) is 15.2 Å². The smallest absolute Gasteiger partial charge is 0.193 e. The van der Waals surface area contributed by atoms with E-state index >= 15 is 0 Å². The van der Waals surface area contributed by atoms with Crippen molar-refractivity contribution in [2.45, 2.75) is 76.7 Å². The summed E-state index contributed by atoms with van der Waals surface area (Å²) in [5.74, 6) is -0.243. The number of aromatic nitrogens is 1. The normalized spacial score (nSPS) is 40.2. The van der Waals surface area contributed by atoms with Gasteiger partial charge >= 0.3 is 0 Å². The number of ketones is 2. The third-order valence-electron chi connectivity index (χ3n) is 11.5. The van der Waals surface area contributed by atoms with Crippen LogP contribution in [0.5, 0.6) is 0 Å². The molecule has 0 bridgehead atoms. The second-order valence-electron chi connectivity index (χ2n) is 13.5. The lowest BCUT2D eigenvalue weighted by atomic mass is 9.46. The van der Waals surface area contributed by atoms with Crippen LogP contribution in [0.3, 0.4) is 0 Å². The molecule has 8 heteroatoms. The van der Waals surface area contributed by atoms with Gasteiger partial charge in [0.1, 0.15) is 6.61 Å². The number of nitrogens with two attached hydrogens (primary N) is 1. The number of hydrogen-bond acceptors (Lipinski definition) is 7. The summed E-state index contributed by atoms with van der Waals surface area (Å²) in [6.07, 6.45) is 9.96. The molecular weight excluding hydrogens is 532 g/mol. The molecule has 1 aromatic carbocycles. The molecule has 222 valence electrons. The lowest BCUT2D eigenvalue weighted by molar-refractivity contribution is -0.201. The third kappa shape index (κ3) is 3.85. The van der Waals surface area contributed by atoms with Gasteiger partial charge in [-0.2, -0.15) is 0 Å². The fourth-order valence-corrected chi connectivity index (χ4v) is 9.52. The van der Waals surface area contributed by atoms with E-state index in [9.17, 15) is 19.8 Å². The van der Waals surface area contributed by atoms with Crippen molar-refractivity contribution < 1.29 is 29.3 Å². The van der Waals surface area contributed by atoms with Crippen LogP contribution in [0, 0.1) is 28.6 Å². The maximum Gasteiger partial charge on any atom is 0.193 e. The zero-order valence-corrected chi connectivity index (χ0v) is 24.2. The molecule has 4 fully saturated rings. The molecule has 1 aromatic heterocycles. The number of carbonyl (C=O) groups excluding carboxylic acids is 2. The van der Waals surface area contributed by atoms with Gasteiger partial charge in [0.05, 0.1) is 12.2 Å². The molecule has 4 N–H and O–H groups in total. The Kier molecular flexibility index (Phi) is 6.53. The number of allylic oxidation sites excluding steroid dienone is 4. The number of ether oxygens (including phenoxy) is 2. The van der Waals surface area contributed by atoms with Gasteiger partial charge in [-0.3, -0.25) is 9.59 Å². The fraction of sp³-hybridized carbons (Fsp3) is 0.529. The molecule has 9 atom stereocenters. The number of aliphatic hydroxyl groups excluding tert-OH is 2. The summed E-state index contributed by atoms with van der Waals surface area (Å²) in [6, 6.07) is 10.1. The summed E-state index contributed by atoms with van der Waals surface area (Å²) in [4.78, 5) is 25.9. The Morgan fingerprint density at radius 1 is 1.17 bits per heavy atom. The quantitative estimate of drug-likeness (QED) is 0.483. The summed E-state index contributed by atoms with van der Waals surface area (Å²) < 4.78 is 15.3. The van der Waals surface area contributed by atoms with Gasteiger partial charge in [-0.1, -0.05) is 49.8 Å². The molecule has 2 aromatic rings. The Morgan fingerprint density at radius 2 is 1.93 bits per heavy atom. The zero-order valence-electron chi connectivity index (χ0n) is 24.2. The van der Waals surface area contributed by atoms with Crippen LogP contribution in [-0.2, 0) is 32.2 Å². The van der Waals surface area contributed by atoms with Gasteiger partial charge in [-0.25, -0.2) is 0 Å². The number of carbonyl (C=O) groups is 2. The zero-order chi connectivity index (χ0) is 29.4. The summed E-state index contributed by atoms with van der Waals surface area (Å²) in [7, 11) is 0. The van der Waals surface area contributed by atoms with E-state index in [-0.39, 0.29) is 29.3 Å². The molecule has 8 nitrogen and oxygen atoms in total. The van der Waals surface area contributed by atoms with Gasteiger partial charge < -0.3 is 30.0 Å². The second-order valence-corrected chi connectivity index (χ2v) is 13.5. The van der Waals surface area contributed by atoms with Crippen LogP contribution >= 0.6 is 0 Å². The number of hydrogen-bond donors (Lipinski definition) is 3. The number of fused-ring (bicyclic) bond motifs is 7. The number of Topliss-reactive ketones (excluding diaryl/α,β-unsaturated/α-hetero) is 1. The first-order chi connectivity index (χ1) is 20.1. The molecule has 1 saturated heterocycles. The standard InChI is InChI=1S/C34H40N2O6/c1-32-11-9-24(38)13-23(32)7-8-25-26-14-29-34(28(40)19-37,33(26,2)15-27(39)30(25)32)42-31(41-29)22-10-12-36(18-22)17-21-5-3-20(16-35)4-6-21/h3-6,9-13,18,25-27,29-31,37,39H,7-8,14-17,19,35H2,1-2H3/t25-,26-,27-,29+,30+,31+,32-,33-,34+/m0/s1. The Bertz CT molecular complexity index is 1480. The van der Waals surface area contributed by atoms with E-state index in [1.807, 2.05) is 36.7 Å². The highest BCUT2D eigenvalue weighted by Gasteiger charge is 2.75. The van der Waals surface area contributed by atoms with Crippen molar-refractivity contribution in [1.29, 1.82) is 0 Å². The highest BCUT2D eigenvalue weighted by molar-refractivity contribution is 6.01. The first-order valence-electron chi connectivity index (χ1n) is 15.2. The summed E-state index contributed by atoms with van der Waals surface area (Å²) >= 11 is 0. The van der Waals surface area contributed by atoms with Gasteiger partial charge in [0.25, 0.3) is 0 Å². The highest BCUT2D eigenvalue weighted by atomic mass is 16.7. The Morgan fingerprint density at radius 3 is 2.67 bits per heavy atom. The van der Waals surface area contributed by atoms with Crippen molar-refractivity contribution in [3.05, 3.63) is 83.2 Å². The maximum absolute atomic E-state index is 13.7. The SMILES string of the molecule is C[C@]12C=CC(=O)C=C1CC[C@@H]1[C@@H]2[C@@H](O)C[C@@]2(C)[C@H]1C[C@H]1O[C@@H](c3ccn(Cc4ccc(CN)cc4)c3)O[C@]12C(=O)CO. The first kappa shape index (κ1) is 27.9. The average molecular weight is 573 g/mol. The van der Waals surface area contributed by atoms with E-state index < -0.39 is 41.5 Å². The van der Waals surface area contributed by atoms with Crippen LogP contribution in [-0.4, -0.2) is 50.8 Å². The van der Waals surface area contributed by atoms with Crippen molar-refractivity contribution in [2.24, 2.45) is 34.3 Å². The van der Waals surface area contributed by atoms with Crippen molar-refractivity contribution in [3.63, 3.8) is 0 Å². The van der Waals surface area contributed by atoms with Gasteiger partial charge in [0, 0.05) is 47.8 Å². The van der Waals surface area contributed by atoms with E-state index in [1.54, 1.807) is 12.2 Å². The maximum atomic E-state index is 13.7. The van der Waals surface area contributed by atoms with Gasteiger partial charge in [0.15, 0.2) is 23.5 Å². The molecule has 2 heterocycles. The molecule has 0 radical (unpaired) electrons. The monoisotopic (exact) mass is 572 g/mol. The predicted octanol–water partition coefficient (Wildman–Crippen LogP) is 3.60. The van der Waals surface area contributed by atoms with Crippen LogP contribution in [0.15, 0.2) is 66.5 Å². The van der Waals surface area contributed by atoms with Gasteiger partial charge in [-0.05, 0) is 66.9 Å². The summed E-state index contributed by atoms with van der Waals surface area (Å²) in [5, 5.41) is 22.0. The number of nitrogens with zero attached hydrogens (tertiary/aromatic N) is 1. The van der Waals surface area contributed by atoms with Crippen LogP contribution in [0.2, 0.25) is 0 Å². The average Bonchev–Trinajstić information content (AvgIpc) is 3.66. The summed E-state index contributed by atoms with van der Waals surface area (Å²) in [6.45, 7) is 4.73. The largest absolute Gasteiger partial charge is 0.393 e. The molecule has 0 unspecified atom stereocenters. The van der Waals surface area contributed by atoms with E-state index in [2.05, 4.69) is 30.5 Å². The Hall–Kier alpha value is -2.88. The van der Waals surface area contributed by atoms with Crippen molar-refractivity contribution in [3.8, 4) is 0 Å². The van der Waals surface area contributed by atoms with E-state index in [1.165, 1.54) is 0 Å². The molecule has 0 spiro atoms. The molecule has 0 amide bonds. The fourth-order valence-electron chi connectivity index (χ4n) is 9.52. The Labute approximate surface area is 246 Å². The van der Waals surface area contributed by atoms with E-state index in [0.717, 1.165) is 35.1 Å². The lowest BCUT2D eigenvalue weighted by Crippen LogP contribution is -2.63. The molecule has 7 rings (SSSR count). The topological polar surface area (TPSA) is 124 Å². The summed E-state index contributed by atoms with van der Waals surface area (Å²) in [5.41, 5.74) is 7.40.